The molecule has 1 N–H and O–H groups in total. The lowest BCUT2D eigenvalue weighted by Crippen LogP contribution is -2.52. The summed E-state index contributed by atoms with van der Waals surface area (Å²) in [5, 5.41) is 2.75. The maximum absolute atomic E-state index is 12.8. The fourth-order valence-electron chi connectivity index (χ4n) is 2.10. The largest absolute Gasteiger partial charge is 0.467 e. The topological polar surface area (TPSA) is 55.4 Å². The maximum atomic E-state index is 12.8. The van der Waals surface area contributed by atoms with Crippen LogP contribution in [0.5, 0.6) is 0 Å². The molecule has 1 unspecified atom stereocenters. The van der Waals surface area contributed by atoms with Gasteiger partial charge in [-0.15, -0.1) is 11.8 Å². The first-order valence-corrected chi connectivity index (χ1v) is 8.17. The molecule has 0 bridgehead atoms. The Morgan fingerprint density at radius 1 is 1.32 bits per heavy atom. The van der Waals surface area contributed by atoms with Gasteiger partial charge >= 0.3 is 5.97 Å². The number of hydrogen-bond acceptors (Lipinski definition) is 4. The van der Waals surface area contributed by atoms with E-state index in [-0.39, 0.29) is 18.1 Å². The molecule has 0 spiro atoms. The Kier molecular flexibility index (Phi) is 7.38. The van der Waals surface area contributed by atoms with Crippen molar-refractivity contribution >= 4 is 23.6 Å². The van der Waals surface area contributed by atoms with E-state index in [9.17, 15) is 14.0 Å². The van der Waals surface area contributed by atoms with Crippen molar-refractivity contribution in [2.24, 2.45) is 0 Å². The molecule has 0 heterocycles. The molecule has 0 aliphatic carbocycles. The van der Waals surface area contributed by atoms with Crippen molar-refractivity contribution < 1.29 is 18.7 Å². The normalized spacial score (nSPS) is 13.3. The standard InChI is InChI=1S/C16H22FNO3S/c1-4-10-16(2,15(20)21-3)18-14(19)9-11-22-13-7-5-12(17)6-8-13/h5-8H,4,9-11H2,1-3H3,(H,18,19). The van der Waals surface area contributed by atoms with Gasteiger partial charge in [0.25, 0.3) is 0 Å². The number of hydrogen-bond donors (Lipinski definition) is 1. The zero-order valence-corrected chi connectivity index (χ0v) is 14.0. The molecule has 1 rings (SSSR count). The SMILES string of the molecule is CCCC(C)(NC(=O)CCSc1ccc(F)cc1)C(=O)OC. The van der Waals surface area contributed by atoms with Crippen molar-refractivity contribution in [1.82, 2.24) is 5.32 Å². The van der Waals surface area contributed by atoms with E-state index >= 15 is 0 Å². The van der Waals surface area contributed by atoms with E-state index < -0.39 is 11.5 Å². The van der Waals surface area contributed by atoms with Crippen LogP contribution in [0.4, 0.5) is 4.39 Å². The lowest BCUT2D eigenvalue weighted by atomic mass is 9.96. The van der Waals surface area contributed by atoms with Crippen LogP contribution in [0, 0.1) is 5.82 Å². The van der Waals surface area contributed by atoms with Gasteiger partial charge in [-0.3, -0.25) is 4.79 Å². The number of benzene rings is 1. The molecule has 0 aliphatic heterocycles. The zero-order valence-electron chi connectivity index (χ0n) is 13.1. The second-order valence-electron chi connectivity index (χ2n) is 5.17. The van der Waals surface area contributed by atoms with E-state index in [1.54, 1.807) is 19.1 Å². The molecule has 0 saturated heterocycles. The molecule has 4 nitrogen and oxygen atoms in total. The molecule has 0 saturated carbocycles. The summed E-state index contributed by atoms with van der Waals surface area (Å²) in [5.41, 5.74) is -0.985. The van der Waals surface area contributed by atoms with Gasteiger partial charge < -0.3 is 10.1 Å². The second kappa shape index (κ2) is 8.78. The highest BCUT2D eigenvalue weighted by atomic mass is 32.2. The Bertz CT molecular complexity index is 507. The molecular weight excluding hydrogens is 305 g/mol. The molecule has 1 atom stereocenters. The molecular formula is C16H22FNO3S. The van der Waals surface area contributed by atoms with Gasteiger partial charge in [0.05, 0.1) is 7.11 Å². The summed E-state index contributed by atoms with van der Waals surface area (Å²) in [7, 11) is 1.31. The predicted molar refractivity (Wildman–Crippen MR) is 85.2 cm³/mol. The van der Waals surface area contributed by atoms with Crippen LogP contribution >= 0.6 is 11.8 Å². The Balaban J connectivity index is 2.47. The average molecular weight is 327 g/mol. The second-order valence-corrected chi connectivity index (χ2v) is 6.34. The fourth-order valence-corrected chi connectivity index (χ4v) is 2.96. The number of thioether (sulfide) groups is 1. The minimum Gasteiger partial charge on any atom is -0.467 e. The highest BCUT2D eigenvalue weighted by molar-refractivity contribution is 7.99. The number of halogens is 1. The summed E-state index contributed by atoms with van der Waals surface area (Å²) in [6.45, 7) is 3.62. The molecule has 122 valence electrons. The Morgan fingerprint density at radius 3 is 2.50 bits per heavy atom. The number of rotatable bonds is 8. The van der Waals surface area contributed by atoms with Crippen molar-refractivity contribution in [2.75, 3.05) is 12.9 Å². The van der Waals surface area contributed by atoms with Gasteiger partial charge in [0, 0.05) is 17.1 Å². The first-order valence-electron chi connectivity index (χ1n) is 7.19. The summed E-state index contributed by atoms with van der Waals surface area (Å²) < 4.78 is 17.5. The van der Waals surface area contributed by atoms with Crippen LogP contribution in [-0.4, -0.2) is 30.3 Å². The maximum Gasteiger partial charge on any atom is 0.331 e. The lowest BCUT2D eigenvalue weighted by molar-refractivity contribution is -0.150. The van der Waals surface area contributed by atoms with Crippen LogP contribution in [0.3, 0.4) is 0 Å². The molecule has 6 heteroatoms. The van der Waals surface area contributed by atoms with E-state index in [0.29, 0.717) is 12.2 Å². The molecule has 0 fully saturated rings. The quantitative estimate of drug-likeness (QED) is 0.589. The molecule has 0 aliphatic rings. The number of carbonyl (C=O) groups is 2. The summed E-state index contributed by atoms with van der Waals surface area (Å²) in [5.74, 6) is -0.360. The van der Waals surface area contributed by atoms with E-state index in [4.69, 9.17) is 4.74 Å². The zero-order chi connectivity index (χ0) is 16.6. The molecule has 1 aromatic rings. The van der Waals surface area contributed by atoms with Crippen LogP contribution in [0.25, 0.3) is 0 Å². The molecule has 1 aromatic carbocycles. The van der Waals surface area contributed by atoms with Gasteiger partial charge in [-0.25, -0.2) is 9.18 Å². The minimum atomic E-state index is -0.985. The number of methoxy groups -OCH3 is 1. The third-order valence-corrected chi connectivity index (χ3v) is 4.23. The van der Waals surface area contributed by atoms with Crippen molar-refractivity contribution in [1.29, 1.82) is 0 Å². The highest BCUT2D eigenvalue weighted by Gasteiger charge is 2.34. The number of nitrogens with one attached hydrogen (secondary N) is 1. The number of carbonyl (C=O) groups excluding carboxylic acids is 2. The summed E-state index contributed by atoms with van der Waals surface area (Å²) in [6.07, 6.45) is 1.56. The van der Waals surface area contributed by atoms with Crippen LogP contribution in [0.15, 0.2) is 29.2 Å². The molecule has 22 heavy (non-hydrogen) atoms. The van der Waals surface area contributed by atoms with Crippen LogP contribution < -0.4 is 5.32 Å². The Morgan fingerprint density at radius 2 is 1.95 bits per heavy atom. The Labute approximate surface area is 134 Å². The van der Waals surface area contributed by atoms with Gasteiger partial charge in [-0.1, -0.05) is 13.3 Å². The van der Waals surface area contributed by atoms with Crippen molar-refractivity contribution in [3.63, 3.8) is 0 Å². The highest BCUT2D eigenvalue weighted by Crippen LogP contribution is 2.19. The molecule has 0 radical (unpaired) electrons. The van der Waals surface area contributed by atoms with E-state index in [1.807, 2.05) is 6.92 Å². The van der Waals surface area contributed by atoms with Gasteiger partial charge in [0.2, 0.25) is 5.91 Å². The van der Waals surface area contributed by atoms with Gasteiger partial charge in [-0.2, -0.15) is 0 Å². The minimum absolute atomic E-state index is 0.198. The monoisotopic (exact) mass is 327 g/mol. The van der Waals surface area contributed by atoms with Gasteiger partial charge in [-0.05, 0) is 37.6 Å². The van der Waals surface area contributed by atoms with Gasteiger partial charge in [0.1, 0.15) is 11.4 Å². The summed E-state index contributed by atoms with van der Waals surface area (Å²) in [4.78, 5) is 24.7. The molecule has 0 aromatic heterocycles. The predicted octanol–water partition coefficient (Wildman–Crippen LogP) is 3.16. The first-order chi connectivity index (χ1) is 10.4. The summed E-state index contributed by atoms with van der Waals surface area (Å²) >= 11 is 1.47. The fraction of sp³-hybridized carbons (Fsp3) is 0.500. The first kappa shape index (κ1) is 18.5. The van der Waals surface area contributed by atoms with Crippen molar-refractivity contribution in [3.8, 4) is 0 Å². The third kappa shape index (κ3) is 5.67. The number of amides is 1. The van der Waals surface area contributed by atoms with Crippen LogP contribution in [0.2, 0.25) is 0 Å². The van der Waals surface area contributed by atoms with E-state index in [1.165, 1.54) is 31.0 Å². The summed E-state index contributed by atoms with van der Waals surface area (Å²) in [6, 6.07) is 6.12. The van der Waals surface area contributed by atoms with E-state index in [2.05, 4.69) is 5.32 Å². The lowest BCUT2D eigenvalue weighted by Gasteiger charge is -2.27. The van der Waals surface area contributed by atoms with Crippen molar-refractivity contribution in [3.05, 3.63) is 30.1 Å². The number of esters is 1. The van der Waals surface area contributed by atoms with Crippen molar-refractivity contribution in [2.45, 2.75) is 43.5 Å². The third-order valence-electron chi connectivity index (χ3n) is 3.21. The Hall–Kier alpha value is -1.56. The van der Waals surface area contributed by atoms with E-state index in [0.717, 1.165) is 11.3 Å². The van der Waals surface area contributed by atoms with Crippen LogP contribution in [0.1, 0.15) is 33.1 Å². The van der Waals surface area contributed by atoms with Crippen LogP contribution in [-0.2, 0) is 14.3 Å². The average Bonchev–Trinajstić information content (AvgIpc) is 2.48. The molecule has 1 amide bonds. The van der Waals surface area contributed by atoms with Gasteiger partial charge in [0.15, 0.2) is 0 Å². The smallest absolute Gasteiger partial charge is 0.331 e. The number of ether oxygens (including phenoxy) is 1.